The Morgan fingerprint density at radius 3 is 2.17 bits per heavy atom. The van der Waals surface area contributed by atoms with Gasteiger partial charge in [-0.05, 0) is 59.9 Å². The van der Waals surface area contributed by atoms with Gasteiger partial charge in [-0.3, -0.25) is 9.36 Å². The van der Waals surface area contributed by atoms with Gasteiger partial charge in [0.1, 0.15) is 30.5 Å². The quantitative estimate of drug-likeness (QED) is 0.103. The molecule has 0 saturated heterocycles. The van der Waals surface area contributed by atoms with E-state index in [1.54, 1.807) is 35.8 Å². The van der Waals surface area contributed by atoms with Crippen LogP contribution in [0.4, 0.5) is 0 Å². The first-order chi connectivity index (χ1) is 22.7. The number of ether oxygens (including phenoxy) is 3. The molecule has 7 nitrogen and oxygen atoms in total. The minimum atomic E-state index is -0.702. The number of allylic oxidation sites excluding steroid dienone is 1. The molecular weight excluding hydrogens is 609 g/mol. The third-order valence-electron chi connectivity index (χ3n) is 7.85. The molecule has 0 fully saturated rings. The first-order valence-corrected chi connectivity index (χ1v) is 16.3. The van der Waals surface area contributed by atoms with Crippen molar-refractivity contribution in [2.75, 3.05) is 13.2 Å². The predicted octanol–water partition coefficient (Wildman–Crippen LogP) is 6.60. The first-order valence-electron chi connectivity index (χ1n) is 15.5. The molecule has 0 N–H and O–H groups in total. The van der Waals surface area contributed by atoms with Gasteiger partial charge in [0.15, 0.2) is 4.80 Å². The zero-order chi connectivity index (χ0) is 33.0. The van der Waals surface area contributed by atoms with Gasteiger partial charge in [0.2, 0.25) is 0 Å². The average molecular weight is 645 g/mol. The van der Waals surface area contributed by atoms with Crippen molar-refractivity contribution in [2.24, 2.45) is 4.99 Å². The highest BCUT2D eigenvalue weighted by atomic mass is 32.1. The number of rotatable bonds is 9. The molecule has 0 spiro atoms. The van der Waals surface area contributed by atoms with Crippen LogP contribution in [0, 0.1) is 0 Å². The molecule has 1 aliphatic rings. The SMILES string of the molecule is CC1=C(C(=O)Oc2ccccc2)C(c2ccccc2)n2c(sc(=Cc3ccccc3OCCOc3ccc(C(C)(C)C)cc3)c2=O)=N1. The number of hydrogen-bond acceptors (Lipinski definition) is 7. The molecule has 0 radical (unpaired) electrons. The minimum absolute atomic E-state index is 0.0779. The lowest BCUT2D eigenvalue weighted by Gasteiger charge is -2.24. The molecule has 0 amide bonds. The highest BCUT2D eigenvalue weighted by molar-refractivity contribution is 7.07. The van der Waals surface area contributed by atoms with Crippen LogP contribution in [0.5, 0.6) is 17.2 Å². The maximum absolute atomic E-state index is 14.1. The summed E-state index contributed by atoms with van der Waals surface area (Å²) in [5.41, 5.74) is 3.43. The summed E-state index contributed by atoms with van der Waals surface area (Å²) in [6, 6.07) is 33.4. The molecule has 1 aliphatic heterocycles. The van der Waals surface area contributed by atoms with Crippen molar-refractivity contribution in [1.29, 1.82) is 0 Å². The van der Waals surface area contributed by atoms with Crippen LogP contribution in [0.2, 0.25) is 0 Å². The van der Waals surface area contributed by atoms with E-state index < -0.39 is 12.0 Å². The van der Waals surface area contributed by atoms with E-state index in [0.29, 0.717) is 45.3 Å². The molecular formula is C39H36N2O5S. The van der Waals surface area contributed by atoms with Crippen LogP contribution < -0.4 is 29.1 Å². The largest absolute Gasteiger partial charge is 0.490 e. The summed E-state index contributed by atoms with van der Waals surface area (Å²) in [5.74, 6) is 1.29. The van der Waals surface area contributed by atoms with Crippen LogP contribution in [0.3, 0.4) is 0 Å². The molecule has 0 saturated carbocycles. The maximum atomic E-state index is 14.1. The Balaban J connectivity index is 1.27. The lowest BCUT2D eigenvalue weighted by atomic mass is 9.87. The van der Waals surface area contributed by atoms with Crippen molar-refractivity contribution in [2.45, 2.75) is 39.2 Å². The van der Waals surface area contributed by atoms with Crippen molar-refractivity contribution in [1.82, 2.24) is 4.57 Å². The van der Waals surface area contributed by atoms with Crippen LogP contribution in [0.25, 0.3) is 6.08 Å². The predicted molar refractivity (Wildman–Crippen MR) is 185 cm³/mol. The van der Waals surface area contributed by atoms with Gasteiger partial charge in [-0.15, -0.1) is 0 Å². The minimum Gasteiger partial charge on any atom is -0.490 e. The van der Waals surface area contributed by atoms with Gasteiger partial charge in [-0.25, -0.2) is 9.79 Å². The highest BCUT2D eigenvalue weighted by Crippen LogP contribution is 2.31. The number of thiazole rings is 1. The molecule has 6 rings (SSSR count). The van der Waals surface area contributed by atoms with E-state index in [-0.39, 0.29) is 11.0 Å². The molecule has 238 valence electrons. The van der Waals surface area contributed by atoms with Crippen LogP contribution in [0.1, 0.15) is 50.4 Å². The number of aromatic nitrogens is 1. The summed E-state index contributed by atoms with van der Waals surface area (Å²) in [4.78, 5) is 32.9. The van der Waals surface area contributed by atoms with Gasteiger partial charge >= 0.3 is 5.97 Å². The van der Waals surface area contributed by atoms with Crippen LogP contribution >= 0.6 is 11.3 Å². The summed E-state index contributed by atoms with van der Waals surface area (Å²) >= 11 is 1.28. The molecule has 1 atom stereocenters. The lowest BCUT2D eigenvalue weighted by molar-refractivity contribution is -0.130. The van der Waals surface area contributed by atoms with Crippen LogP contribution in [-0.4, -0.2) is 23.8 Å². The Kier molecular flexibility index (Phi) is 9.22. The Bertz CT molecular complexity index is 2090. The first kappa shape index (κ1) is 31.8. The summed E-state index contributed by atoms with van der Waals surface area (Å²) in [6.07, 6.45) is 1.81. The second kappa shape index (κ2) is 13.6. The standard InChI is InChI=1S/C39H36N2O5S/c1-26-34(37(43)46-31-16-9-6-10-17-31)35(27-13-7-5-8-14-27)41-36(42)33(47-38(41)40-26)25-28-15-11-12-18-32(28)45-24-23-44-30-21-19-29(20-22-30)39(2,3)4/h5-22,25,35H,23-24H2,1-4H3. The van der Waals surface area contributed by atoms with Gasteiger partial charge in [-0.2, -0.15) is 0 Å². The molecule has 2 heterocycles. The number of nitrogens with zero attached hydrogens (tertiary/aromatic N) is 2. The van der Waals surface area contributed by atoms with Crippen molar-refractivity contribution in [3.8, 4) is 17.2 Å². The highest BCUT2D eigenvalue weighted by Gasteiger charge is 2.33. The third-order valence-corrected chi connectivity index (χ3v) is 8.83. The van der Waals surface area contributed by atoms with E-state index in [2.05, 4.69) is 32.9 Å². The molecule has 0 bridgehead atoms. The normalized spacial score (nSPS) is 14.7. The summed E-state index contributed by atoms with van der Waals surface area (Å²) in [7, 11) is 0. The van der Waals surface area contributed by atoms with Crippen LogP contribution in [-0.2, 0) is 10.2 Å². The molecule has 4 aromatic carbocycles. The smallest absolute Gasteiger partial charge is 0.343 e. The Labute approximate surface area is 277 Å². The lowest BCUT2D eigenvalue weighted by Crippen LogP contribution is -2.40. The summed E-state index contributed by atoms with van der Waals surface area (Å²) in [5, 5.41) is 0. The average Bonchev–Trinajstić information content (AvgIpc) is 3.37. The topological polar surface area (TPSA) is 79.1 Å². The maximum Gasteiger partial charge on any atom is 0.343 e. The van der Waals surface area contributed by atoms with Gasteiger partial charge < -0.3 is 14.2 Å². The van der Waals surface area contributed by atoms with E-state index in [1.807, 2.05) is 78.9 Å². The fraction of sp³-hybridized carbons (Fsp3) is 0.205. The molecule has 1 unspecified atom stereocenters. The van der Waals surface area contributed by atoms with Crippen molar-refractivity contribution >= 4 is 23.4 Å². The number of carbonyl (C=O) groups excluding carboxylic acids is 1. The van der Waals surface area contributed by atoms with Crippen molar-refractivity contribution in [3.63, 3.8) is 0 Å². The van der Waals surface area contributed by atoms with E-state index in [1.165, 1.54) is 16.9 Å². The van der Waals surface area contributed by atoms with E-state index in [0.717, 1.165) is 16.9 Å². The van der Waals surface area contributed by atoms with E-state index in [4.69, 9.17) is 19.2 Å². The monoisotopic (exact) mass is 644 g/mol. The van der Waals surface area contributed by atoms with Gasteiger partial charge in [0.05, 0.1) is 21.8 Å². The van der Waals surface area contributed by atoms with E-state index >= 15 is 0 Å². The van der Waals surface area contributed by atoms with Gasteiger partial charge in [0, 0.05) is 5.56 Å². The zero-order valence-corrected chi connectivity index (χ0v) is 27.6. The second-order valence-electron chi connectivity index (χ2n) is 12.2. The van der Waals surface area contributed by atoms with Crippen molar-refractivity contribution in [3.05, 3.63) is 157 Å². The van der Waals surface area contributed by atoms with Gasteiger partial charge in [-0.1, -0.05) is 111 Å². The number of fused-ring (bicyclic) bond motifs is 1. The fourth-order valence-electron chi connectivity index (χ4n) is 5.42. The second-order valence-corrected chi connectivity index (χ2v) is 13.2. The molecule has 1 aromatic heterocycles. The molecule has 5 aromatic rings. The number of para-hydroxylation sites is 2. The number of hydrogen-bond donors (Lipinski definition) is 0. The fourth-order valence-corrected chi connectivity index (χ4v) is 6.46. The summed E-state index contributed by atoms with van der Waals surface area (Å²) in [6.45, 7) is 9.01. The molecule has 47 heavy (non-hydrogen) atoms. The number of carbonyl (C=O) groups is 1. The Morgan fingerprint density at radius 2 is 1.47 bits per heavy atom. The number of esters is 1. The molecule has 0 aliphatic carbocycles. The molecule has 8 heteroatoms. The Hall–Kier alpha value is -5.21. The number of benzene rings is 4. The zero-order valence-electron chi connectivity index (χ0n) is 26.8. The van der Waals surface area contributed by atoms with Crippen LogP contribution in [0.15, 0.2) is 130 Å². The Morgan fingerprint density at radius 1 is 0.830 bits per heavy atom. The summed E-state index contributed by atoms with van der Waals surface area (Å²) < 4.78 is 19.8. The van der Waals surface area contributed by atoms with Gasteiger partial charge in [0.25, 0.3) is 5.56 Å². The van der Waals surface area contributed by atoms with Crippen molar-refractivity contribution < 1.29 is 19.0 Å². The third kappa shape index (κ3) is 7.13. The van der Waals surface area contributed by atoms with E-state index in [9.17, 15) is 9.59 Å².